The molecule has 2 aromatic carbocycles. The van der Waals surface area contributed by atoms with Crippen LogP contribution in [-0.4, -0.2) is 97.5 Å². The average molecular weight is 579 g/mol. The molecule has 1 fully saturated rings. The molecule has 0 bridgehead atoms. The quantitative estimate of drug-likeness (QED) is 0.187. The van der Waals surface area contributed by atoms with Crippen molar-refractivity contribution in [1.29, 1.82) is 0 Å². The third kappa shape index (κ3) is 8.10. The number of piperazine rings is 1. The van der Waals surface area contributed by atoms with Gasteiger partial charge in [0.2, 0.25) is 0 Å². The minimum absolute atomic E-state index is 0.103. The minimum Gasteiger partial charge on any atom is -0.480 e. The van der Waals surface area contributed by atoms with Crippen molar-refractivity contribution in [2.45, 2.75) is 31.2 Å². The van der Waals surface area contributed by atoms with E-state index in [4.69, 9.17) is 9.47 Å². The van der Waals surface area contributed by atoms with Gasteiger partial charge in [-0.2, -0.15) is 0 Å². The molecule has 0 aromatic heterocycles. The van der Waals surface area contributed by atoms with Crippen molar-refractivity contribution >= 4 is 24.1 Å². The Balaban J connectivity index is 1.13. The Bertz CT molecular complexity index is 1230. The van der Waals surface area contributed by atoms with Crippen molar-refractivity contribution < 1.29 is 33.8 Å². The normalized spacial score (nSPS) is 15.2. The Kier molecular flexibility index (Phi) is 10.9. The van der Waals surface area contributed by atoms with E-state index in [1.807, 2.05) is 53.4 Å². The topological polar surface area (TPSA) is 138 Å². The van der Waals surface area contributed by atoms with Crippen LogP contribution in [0, 0.1) is 0 Å². The number of carboxylic acid groups (broad SMARTS) is 1. The number of benzene rings is 2. The second kappa shape index (κ2) is 15.0. The SMILES string of the molecule is C=CCOC(=O)CN1CCN(C(=O)NCCCCC(NC(=O)OCC2c3ccccc3-c3ccccc32)C(=O)O)CC1. The van der Waals surface area contributed by atoms with Crippen LogP contribution in [0.2, 0.25) is 0 Å². The molecule has 1 atom stereocenters. The molecule has 42 heavy (non-hydrogen) atoms. The van der Waals surface area contributed by atoms with Gasteiger partial charge in [-0.1, -0.05) is 61.2 Å². The van der Waals surface area contributed by atoms with Crippen molar-refractivity contribution in [2.75, 3.05) is 52.5 Å². The number of fused-ring (bicyclic) bond motifs is 3. The molecular formula is C31H38N4O7. The summed E-state index contributed by atoms with van der Waals surface area (Å²) in [6, 6.07) is 14.7. The van der Waals surface area contributed by atoms with Crippen molar-refractivity contribution in [3.05, 3.63) is 72.3 Å². The molecule has 11 nitrogen and oxygen atoms in total. The van der Waals surface area contributed by atoms with Gasteiger partial charge < -0.3 is 30.1 Å². The molecule has 1 aliphatic carbocycles. The zero-order valence-electron chi connectivity index (χ0n) is 23.6. The molecule has 3 N–H and O–H groups in total. The van der Waals surface area contributed by atoms with Gasteiger partial charge in [0, 0.05) is 38.6 Å². The molecule has 1 aliphatic heterocycles. The highest BCUT2D eigenvalue weighted by atomic mass is 16.5. The summed E-state index contributed by atoms with van der Waals surface area (Å²) in [7, 11) is 0. The number of nitrogens with one attached hydrogen (secondary N) is 2. The number of carbonyl (C=O) groups excluding carboxylic acids is 3. The van der Waals surface area contributed by atoms with E-state index in [2.05, 4.69) is 17.2 Å². The smallest absolute Gasteiger partial charge is 0.407 e. The van der Waals surface area contributed by atoms with Crippen LogP contribution < -0.4 is 10.6 Å². The van der Waals surface area contributed by atoms with Crippen molar-refractivity contribution in [3.8, 4) is 11.1 Å². The second-order valence-electron chi connectivity index (χ2n) is 10.3. The summed E-state index contributed by atoms with van der Waals surface area (Å²) in [5.41, 5.74) is 4.38. The van der Waals surface area contributed by atoms with Gasteiger partial charge in [-0.3, -0.25) is 9.69 Å². The summed E-state index contributed by atoms with van der Waals surface area (Å²) in [5.74, 6) is -1.57. The number of aliphatic carboxylic acids is 1. The first-order chi connectivity index (χ1) is 20.4. The Labute approximate surface area is 245 Å². The Morgan fingerprint density at radius 1 is 0.952 bits per heavy atom. The maximum Gasteiger partial charge on any atom is 0.407 e. The largest absolute Gasteiger partial charge is 0.480 e. The monoisotopic (exact) mass is 578 g/mol. The number of alkyl carbamates (subject to hydrolysis) is 1. The summed E-state index contributed by atoms with van der Waals surface area (Å²) < 4.78 is 10.5. The van der Waals surface area contributed by atoms with E-state index < -0.39 is 18.1 Å². The number of hydrogen-bond donors (Lipinski definition) is 3. The van der Waals surface area contributed by atoms with Crippen LogP contribution >= 0.6 is 0 Å². The van der Waals surface area contributed by atoms with Gasteiger partial charge in [-0.05, 0) is 41.5 Å². The lowest BCUT2D eigenvalue weighted by Gasteiger charge is -2.34. The van der Waals surface area contributed by atoms with E-state index in [0.29, 0.717) is 45.6 Å². The summed E-state index contributed by atoms with van der Waals surface area (Å²) in [6.07, 6.45) is 1.99. The Morgan fingerprint density at radius 2 is 1.60 bits per heavy atom. The summed E-state index contributed by atoms with van der Waals surface area (Å²) >= 11 is 0. The van der Waals surface area contributed by atoms with Crippen LogP contribution in [0.15, 0.2) is 61.2 Å². The second-order valence-corrected chi connectivity index (χ2v) is 10.3. The Hall–Kier alpha value is -4.38. The Morgan fingerprint density at radius 3 is 2.21 bits per heavy atom. The van der Waals surface area contributed by atoms with Crippen LogP contribution in [0.25, 0.3) is 11.1 Å². The fraction of sp³-hybridized carbons (Fsp3) is 0.419. The molecule has 224 valence electrons. The highest BCUT2D eigenvalue weighted by Crippen LogP contribution is 2.44. The molecule has 4 rings (SSSR count). The molecule has 2 aromatic rings. The lowest BCUT2D eigenvalue weighted by Crippen LogP contribution is -2.52. The van der Waals surface area contributed by atoms with E-state index in [0.717, 1.165) is 22.3 Å². The molecule has 0 saturated carbocycles. The van der Waals surface area contributed by atoms with Gasteiger partial charge >= 0.3 is 24.1 Å². The van der Waals surface area contributed by atoms with Crippen LogP contribution in [0.1, 0.15) is 36.3 Å². The predicted octanol–water partition coefficient (Wildman–Crippen LogP) is 3.21. The minimum atomic E-state index is -1.14. The molecule has 0 radical (unpaired) electrons. The van der Waals surface area contributed by atoms with Crippen molar-refractivity contribution in [1.82, 2.24) is 20.4 Å². The maximum atomic E-state index is 12.5. The fourth-order valence-corrected chi connectivity index (χ4v) is 5.31. The third-order valence-corrected chi connectivity index (χ3v) is 7.50. The molecule has 11 heteroatoms. The van der Waals surface area contributed by atoms with Gasteiger partial charge in [0.25, 0.3) is 0 Å². The van der Waals surface area contributed by atoms with Crippen LogP contribution in [0.4, 0.5) is 9.59 Å². The van der Waals surface area contributed by atoms with Crippen LogP contribution in [-0.2, 0) is 19.1 Å². The number of nitrogens with zero attached hydrogens (tertiary/aromatic N) is 2. The molecule has 3 amide bonds. The van der Waals surface area contributed by atoms with E-state index in [1.165, 1.54) is 6.08 Å². The standard InChI is InChI=1S/C31H38N4O7/c1-2-19-41-28(36)20-34-15-17-35(18-16-34)30(39)32-14-8-7-13-27(29(37)38)33-31(40)42-21-26-24-11-5-3-9-22(24)23-10-4-6-12-25(23)26/h2-6,9-12,26-27H,1,7-8,13-21H2,(H,32,39)(H,33,40)(H,37,38). The molecule has 1 saturated heterocycles. The van der Waals surface area contributed by atoms with E-state index in [-0.39, 0.29) is 44.1 Å². The first-order valence-corrected chi connectivity index (χ1v) is 14.2. The highest BCUT2D eigenvalue weighted by Gasteiger charge is 2.30. The van der Waals surface area contributed by atoms with Gasteiger partial charge in [0.05, 0.1) is 6.54 Å². The lowest BCUT2D eigenvalue weighted by atomic mass is 9.98. The third-order valence-electron chi connectivity index (χ3n) is 7.50. The van der Waals surface area contributed by atoms with Gasteiger partial charge in [-0.15, -0.1) is 0 Å². The lowest BCUT2D eigenvalue weighted by molar-refractivity contribution is -0.144. The molecule has 1 unspecified atom stereocenters. The number of unbranched alkanes of at least 4 members (excludes halogenated alkanes) is 1. The fourth-order valence-electron chi connectivity index (χ4n) is 5.31. The summed E-state index contributed by atoms with van der Waals surface area (Å²) in [4.78, 5) is 52.1. The van der Waals surface area contributed by atoms with E-state index >= 15 is 0 Å². The zero-order valence-corrected chi connectivity index (χ0v) is 23.6. The van der Waals surface area contributed by atoms with Gasteiger partial charge in [0.15, 0.2) is 0 Å². The summed E-state index contributed by atoms with van der Waals surface area (Å²) in [5, 5.41) is 14.9. The predicted molar refractivity (Wildman–Crippen MR) is 156 cm³/mol. The number of urea groups is 1. The molecule has 2 aliphatic rings. The van der Waals surface area contributed by atoms with Crippen LogP contribution in [0.5, 0.6) is 0 Å². The average Bonchev–Trinajstić information content (AvgIpc) is 3.32. The first kappa shape index (κ1) is 30.6. The molecule has 1 heterocycles. The van der Waals surface area contributed by atoms with E-state index in [9.17, 15) is 24.3 Å². The molecular weight excluding hydrogens is 540 g/mol. The number of rotatable bonds is 13. The maximum absolute atomic E-state index is 12.5. The number of amides is 3. The van der Waals surface area contributed by atoms with Crippen LogP contribution in [0.3, 0.4) is 0 Å². The number of carboxylic acids is 1. The number of hydrogen-bond acceptors (Lipinski definition) is 7. The molecule has 0 spiro atoms. The highest BCUT2D eigenvalue weighted by molar-refractivity contribution is 5.81. The van der Waals surface area contributed by atoms with Crippen molar-refractivity contribution in [2.24, 2.45) is 0 Å². The van der Waals surface area contributed by atoms with E-state index in [1.54, 1.807) is 4.90 Å². The number of esters is 1. The number of ether oxygens (including phenoxy) is 2. The van der Waals surface area contributed by atoms with Crippen molar-refractivity contribution in [3.63, 3.8) is 0 Å². The summed E-state index contributed by atoms with van der Waals surface area (Å²) in [6.45, 7) is 6.47. The van der Waals surface area contributed by atoms with Gasteiger partial charge in [-0.25, -0.2) is 14.4 Å². The number of carbonyl (C=O) groups is 4. The zero-order chi connectivity index (χ0) is 29.9. The van der Waals surface area contributed by atoms with Gasteiger partial charge in [0.1, 0.15) is 19.3 Å². The first-order valence-electron chi connectivity index (χ1n) is 14.2.